The van der Waals surface area contributed by atoms with Crippen molar-refractivity contribution < 1.29 is 23.4 Å². The smallest absolute Gasteiger partial charge is 0.387 e. The molecule has 1 saturated heterocycles. The van der Waals surface area contributed by atoms with Crippen molar-refractivity contribution in [2.45, 2.75) is 44.9 Å². The number of aliphatic carboxylic acids is 1. The fourth-order valence-corrected chi connectivity index (χ4v) is 2.80. The lowest BCUT2D eigenvalue weighted by atomic mass is 9.97. The number of hydrogen-bond donors (Lipinski definition) is 1. The van der Waals surface area contributed by atoms with Crippen LogP contribution in [0.25, 0.3) is 0 Å². The van der Waals surface area contributed by atoms with Gasteiger partial charge in [-0.15, -0.1) is 0 Å². The van der Waals surface area contributed by atoms with E-state index >= 15 is 0 Å². The first kappa shape index (κ1) is 15.7. The van der Waals surface area contributed by atoms with Crippen LogP contribution in [0.1, 0.15) is 37.8 Å². The molecule has 2 atom stereocenters. The van der Waals surface area contributed by atoms with Gasteiger partial charge in [-0.25, -0.2) is 0 Å². The van der Waals surface area contributed by atoms with Crippen molar-refractivity contribution in [3.8, 4) is 5.75 Å². The summed E-state index contributed by atoms with van der Waals surface area (Å²) < 4.78 is 28.5. The Bertz CT molecular complexity index is 478. The first-order valence-electron chi connectivity index (χ1n) is 7.02. The Morgan fingerprint density at radius 1 is 1.33 bits per heavy atom. The Morgan fingerprint density at radius 3 is 2.57 bits per heavy atom. The molecule has 1 aliphatic heterocycles. The maximum atomic E-state index is 12.1. The number of carboxylic acid groups (broad SMARTS) is 1. The quantitative estimate of drug-likeness (QED) is 0.906. The van der Waals surface area contributed by atoms with E-state index in [4.69, 9.17) is 0 Å². The monoisotopic (exact) mass is 299 g/mol. The Morgan fingerprint density at radius 2 is 2.00 bits per heavy atom. The molecule has 0 amide bonds. The van der Waals surface area contributed by atoms with Crippen molar-refractivity contribution in [3.63, 3.8) is 0 Å². The van der Waals surface area contributed by atoms with Crippen molar-refractivity contribution >= 4 is 5.97 Å². The van der Waals surface area contributed by atoms with Gasteiger partial charge in [0.05, 0.1) is 0 Å². The fourth-order valence-electron chi connectivity index (χ4n) is 2.80. The van der Waals surface area contributed by atoms with E-state index < -0.39 is 18.6 Å². The number of halogens is 2. The normalized spacial score (nSPS) is 21.2. The average molecular weight is 299 g/mol. The molecule has 0 saturated carbocycles. The van der Waals surface area contributed by atoms with Crippen LogP contribution in [0, 0.1) is 0 Å². The highest BCUT2D eigenvalue weighted by Gasteiger charge is 2.32. The topological polar surface area (TPSA) is 49.8 Å². The molecule has 0 aliphatic carbocycles. The molecule has 1 fully saturated rings. The van der Waals surface area contributed by atoms with Gasteiger partial charge in [-0.05, 0) is 44.0 Å². The summed E-state index contributed by atoms with van der Waals surface area (Å²) in [4.78, 5) is 13.3. The summed E-state index contributed by atoms with van der Waals surface area (Å²) in [6.45, 7) is -0.177. The van der Waals surface area contributed by atoms with Crippen molar-refractivity contribution in [3.05, 3.63) is 29.8 Å². The molecule has 1 heterocycles. The number of carboxylic acids is 1. The molecule has 2 rings (SSSR count). The van der Waals surface area contributed by atoms with E-state index in [0.717, 1.165) is 24.9 Å². The molecule has 1 aromatic carbocycles. The standard InChI is InChI=1S/C15H19F2NO3/c1-10(18-9-3-2-4-13(18)14(19)20)11-5-7-12(8-6-11)21-15(16)17/h5-8,10,13,15H,2-4,9H2,1H3,(H,19,20). The molecule has 0 bridgehead atoms. The lowest BCUT2D eigenvalue weighted by Crippen LogP contribution is -2.45. The predicted octanol–water partition coefficient (Wildman–Crippen LogP) is 3.29. The predicted molar refractivity (Wildman–Crippen MR) is 73.5 cm³/mol. The second-order valence-electron chi connectivity index (χ2n) is 5.21. The minimum Gasteiger partial charge on any atom is -0.480 e. The number of carbonyl (C=O) groups is 1. The molecule has 116 valence electrons. The third-order valence-electron chi connectivity index (χ3n) is 3.91. The largest absolute Gasteiger partial charge is 0.480 e. The Kier molecular flexibility index (Phi) is 5.12. The SMILES string of the molecule is CC(c1ccc(OC(F)F)cc1)N1CCCCC1C(=O)O. The molecule has 1 aliphatic rings. The minimum absolute atomic E-state index is 0.0769. The van der Waals surface area contributed by atoms with Crippen LogP contribution in [-0.2, 0) is 4.79 Å². The van der Waals surface area contributed by atoms with E-state index in [1.807, 2.05) is 11.8 Å². The number of ether oxygens (including phenoxy) is 1. The summed E-state index contributed by atoms with van der Waals surface area (Å²) in [5.41, 5.74) is 0.893. The number of likely N-dealkylation sites (tertiary alicyclic amines) is 1. The number of piperidine rings is 1. The number of rotatable bonds is 5. The van der Waals surface area contributed by atoms with Crippen LogP contribution < -0.4 is 4.74 Å². The Labute approximate surface area is 122 Å². The van der Waals surface area contributed by atoms with Crippen LogP contribution in [0.2, 0.25) is 0 Å². The highest BCUT2D eigenvalue weighted by Crippen LogP contribution is 2.29. The molecule has 21 heavy (non-hydrogen) atoms. The van der Waals surface area contributed by atoms with E-state index in [-0.39, 0.29) is 11.8 Å². The van der Waals surface area contributed by atoms with Crippen molar-refractivity contribution in [1.29, 1.82) is 0 Å². The number of nitrogens with zero attached hydrogens (tertiary/aromatic N) is 1. The van der Waals surface area contributed by atoms with Gasteiger partial charge in [-0.2, -0.15) is 8.78 Å². The first-order valence-corrected chi connectivity index (χ1v) is 7.02. The van der Waals surface area contributed by atoms with Crippen LogP contribution in [0.5, 0.6) is 5.75 Å². The zero-order valence-electron chi connectivity index (χ0n) is 11.8. The second kappa shape index (κ2) is 6.85. The minimum atomic E-state index is -2.84. The summed E-state index contributed by atoms with van der Waals surface area (Å²) in [6.07, 6.45) is 2.54. The van der Waals surface area contributed by atoms with Gasteiger partial charge in [-0.1, -0.05) is 18.6 Å². The fraction of sp³-hybridized carbons (Fsp3) is 0.533. The molecule has 1 aromatic rings. The second-order valence-corrected chi connectivity index (χ2v) is 5.21. The van der Waals surface area contributed by atoms with E-state index in [9.17, 15) is 18.7 Å². The third-order valence-corrected chi connectivity index (χ3v) is 3.91. The van der Waals surface area contributed by atoms with Gasteiger partial charge in [0.25, 0.3) is 0 Å². The molecule has 0 radical (unpaired) electrons. The average Bonchev–Trinajstić information content (AvgIpc) is 2.46. The lowest BCUT2D eigenvalue weighted by molar-refractivity contribution is -0.145. The van der Waals surface area contributed by atoms with E-state index in [1.54, 1.807) is 12.1 Å². The molecular weight excluding hydrogens is 280 g/mol. The van der Waals surface area contributed by atoms with Crippen molar-refractivity contribution in [2.75, 3.05) is 6.54 Å². The van der Waals surface area contributed by atoms with Crippen LogP contribution in [0.4, 0.5) is 8.78 Å². The molecule has 6 heteroatoms. The van der Waals surface area contributed by atoms with E-state index in [0.29, 0.717) is 6.42 Å². The zero-order chi connectivity index (χ0) is 15.4. The maximum Gasteiger partial charge on any atom is 0.387 e. The molecule has 1 N–H and O–H groups in total. The van der Waals surface area contributed by atoms with E-state index in [1.165, 1.54) is 12.1 Å². The lowest BCUT2D eigenvalue weighted by Gasteiger charge is -2.37. The van der Waals surface area contributed by atoms with Gasteiger partial charge >= 0.3 is 12.6 Å². The molecule has 0 spiro atoms. The Hall–Kier alpha value is -1.69. The zero-order valence-corrected chi connectivity index (χ0v) is 11.8. The molecule has 2 unspecified atom stereocenters. The van der Waals surface area contributed by atoms with Gasteiger partial charge in [0.2, 0.25) is 0 Å². The highest BCUT2D eigenvalue weighted by molar-refractivity contribution is 5.73. The molecule has 4 nitrogen and oxygen atoms in total. The molecule has 0 aromatic heterocycles. The van der Waals surface area contributed by atoms with Gasteiger partial charge < -0.3 is 9.84 Å². The number of benzene rings is 1. The summed E-state index contributed by atoms with van der Waals surface area (Å²) in [7, 11) is 0. The first-order chi connectivity index (χ1) is 9.99. The van der Waals surface area contributed by atoms with E-state index in [2.05, 4.69) is 4.74 Å². The number of hydrogen-bond acceptors (Lipinski definition) is 3. The van der Waals surface area contributed by atoms with Crippen molar-refractivity contribution in [1.82, 2.24) is 4.90 Å². The Balaban J connectivity index is 2.10. The van der Waals surface area contributed by atoms with Gasteiger partial charge in [0.1, 0.15) is 11.8 Å². The highest BCUT2D eigenvalue weighted by atomic mass is 19.3. The van der Waals surface area contributed by atoms with Crippen LogP contribution in [-0.4, -0.2) is 35.2 Å². The summed E-state index contributed by atoms with van der Waals surface area (Å²) in [6, 6.07) is 5.82. The number of alkyl halides is 2. The summed E-state index contributed by atoms with van der Waals surface area (Å²) >= 11 is 0. The van der Waals surface area contributed by atoms with Crippen molar-refractivity contribution in [2.24, 2.45) is 0 Å². The maximum absolute atomic E-state index is 12.1. The van der Waals surface area contributed by atoms with Gasteiger partial charge in [0, 0.05) is 6.04 Å². The van der Waals surface area contributed by atoms with Gasteiger partial charge in [-0.3, -0.25) is 9.69 Å². The van der Waals surface area contributed by atoms with Crippen LogP contribution in [0.15, 0.2) is 24.3 Å². The third kappa shape index (κ3) is 3.91. The molecular formula is C15H19F2NO3. The van der Waals surface area contributed by atoms with Gasteiger partial charge in [0.15, 0.2) is 0 Å². The van der Waals surface area contributed by atoms with Crippen LogP contribution >= 0.6 is 0 Å². The summed E-state index contributed by atoms with van der Waals surface area (Å²) in [5, 5.41) is 9.30. The summed E-state index contributed by atoms with van der Waals surface area (Å²) in [5.74, 6) is -0.700. The van der Waals surface area contributed by atoms with Crippen LogP contribution in [0.3, 0.4) is 0 Å².